The van der Waals surface area contributed by atoms with Gasteiger partial charge in [-0.15, -0.1) is 13.3 Å². The molecule has 0 fully saturated rings. The zero-order chi connectivity index (χ0) is 14.5. The Morgan fingerprint density at radius 1 is 1.23 bits per heavy atom. The summed E-state index contributed by atoms with van der Waals surface area (Å²) in [7, 11) is 0. The minimum atomic E-state index is 0. The van der Waals surface area contributed by atoms with E-state index in [9.17, 15) is 0 Å². The average molecular weight is 423 g/mol. The first kappa shape index (κ1) is 27.0. The number of aliphatic hydroxyl groups is 1. The van der Waals surface area contributed by atoms with Crippen LogP contribution in [0.1, 0.15) is 41.0 Å². The number of ether oxygens (including phenoxy) is 1. The van der Waals surface area contributed by atoms with Crippen LogP contribution in [0.4, 0.5) is 0 Å². The third-order valence-corrected chi connectivity index (χ3v) is 3.57. The van der Waals surface area contributed by atoms with Crippen molar-refractivity contribution in [1.29, 1.82) is 0 Å². The minimum Gasteiger partial charge on any atom is -1.00 e. The molecule has 122 valence electrons. The zero-order valence-corrected chi connectivity index (χ0v) is 17.9. The third-order valence-electron chi connectivity index (χ3n) is 3.57. The predicted molar refractivity (Wildman–Crippen MR) is 78.1 cm³/mol. The molecule has 22 heavy (non-hydrogen) atoms. The number of hydrogen-bond acceptors (Lipinski definition) is 2. The number of halogens is 2. The van der Waals surface area contributed by atoms with Crippen LogP contribution in [0.2, 0.25) is 0 Å². The molecule has 2 aliphatic carbocycles. The van der Waals surface area contributed by atoms with Crippen LogP contribution < -0.4 is 24.8 Å². The number of hydrogen-bond donors (Lipinski definition) is 1. The Morgan fingerprint density at radius 2 is 1.82 bits per heavy atom. The molecule has 0 aromatic rings. The Kier molecular flexibility index (Phi) is 15.5. The van der Waals surface area contributed by atoms with E-state index in [2.05, 4.69) is 46.8 Å². The normalized spacial score (nSPS) is 17.2. The SMILES string of the molecule is CC1=[C-]C(C)(C)C(C)=C1C.OCCOC1=[C-]CC=C1.[Cl-].[Cl-].[Zr+4]. The van der Waals surface area contributed by atoms with Gasteiger partial charge in [-0.25, -0.2) is 11.6 Å². The summed E-state index contributed by atoms with van der Waals surface area (Å²) < 4.78 is 5.02. The monoisotopic (exact) mass is 420 g/mol. The topological polar surface area (TPSA) is 29.5 Å². The molecule has 2 nitrogen and oxygen atoms in total. The van der Waals surface area contributed by atoms with Crippen LogP contribution in [0, 0.1) is 17.6 Å². The molecule has 0 saturated carbocycles. The first-order valence-electron chi connectivity index (χ1n) is 6.69. The maximum atomic E-state index is 8.34. The van der Waals surface area contributed by atoms with Crippen molar-refractivity contribution < 1.29 is 60.9 Å². The molecule has 0 spiro atoms. The number of rotatable bonds is 3. The molecule has 0 aliphatic heterocycles. The second kappa shape index (κ2) is 12.6. The van der Waals surface area contributed by atoms with Crippen molar-refractivity contribution in [1.82, 2.24) is 0 Å². The van der Waals surface area contributed by atoms with Crippen molar-refractivity contribution in [3.63, 3.8) is 0 Å². The second-order valence-corrected chi connectivity index (χ2v) is 5.34. The Labute approximate surface area is 166 Å². The summed E-state index contributed by atoms with van der Waals surface area (Å²) in [4.78, 5) is 0. The largest absolute Gasteiger partial charge is 4.00 e. The average Bonchev–Trinajstić information content (AvgIpc) is 2.92. The first-order chi connectivity index (χ1) is 8.88. The van der Waals surface area contributed by atoms with Gasteiger partial charge in [-0.1, -0.05) is 38.9 Å². The molecule has 1 N–H and O–H groups in total. The van der Waals surface area contributed by atoms with Gasteiger partial charge in [-0.2, -0.15) is 23.3 Å². The molecule has 2 aliphatic rings. The van der Waals surface area contributed by atoms with Gasteiger partial charge in [-0.3, -0.25) is 6.08 Å². The Bertz CT molecular complexity index is 450. The number of allylic oxidation sites excluding steroid dienone is 7. The van der Waals surface area contributed by atoms with Crippen molar-refractivity contribution in [3.8, 4) is 0 Å². The standard InChI is InChI=1S/C10H15.C7H9O2.2ClH.Zr/c1-7-6-10(4,5)9(3)8(7)2;8-5-6-9-7-3-1-2-4-7;;;/h1-5H3;1,3,8H,2,5-6H2;2*1H;/q2*-1;;;+4/p-2. The molecule has 5 heteroatoms. The van der Waals surface area contributed by atoms with Gasteiger partial charge in [0.05, 0.1) is 6.61 Å². The van der Waals surface area contributed by atoms with E-state index < -0.39 is 0 Å². The summed E-state index contributed by atoms with van der Waals surface area (Å²) in [5, 5.41) is 8.34. The quantitative estimate of drug-likeness (QED) is 0.522. The molecule has 0 heterocycles. The van der Waals surface area contributed by atoms with Crippen molar-refractivity contribution in [2.75, 3.05) is 13.2 Å². The first-order valence-corrected chi connectivity index (χ1v) is 6.69. The van der Waals surface area contributed by atoms with E-state index in [-0.39, 0.29) is 63.0 Å². The summed E-state index contributed by atoms with van der Waals surface area (Å²) in [6.45, 7) is 11.4. The van der Waals surface area contributed by atoms with E-state index in [1.54, 1.807) is 0 Å². The van der Waals surface area contributed by atoms with Crippen LogP contribution in [0.3, 0.4) is 0 Å². The van der Waals surface area contributed by atoms with Crippen LogP contribution in [-0.2, 0) is 30.9 Å². The van der Waals surface area contributed by atoms with Crippen LogP contribution in [0.15, 0.2) is 34.6 Å². The predicted octanol–water partition coefficient (Wildman–Crippen LogP) is -2.24. The molecule has 0 bridgehead atoms. The molecule has 0 saturated heterocycles. The van der Waals surface area contributed by atoms with Crippen LogP contribution in [0.25, 0.3) is 0 Å². The third kappa shape index (κ3) is 8.15. The zero-order valence-electron chi connectivity index (χ0n) is 13.9. The van der Waals surface area contributed by atoms with Gasteiger partial charge in [0.25, 0.3) is 0 Å². The molecule has 0 unspecified atom stereocenters. The van der Waals surface area contributed by atoms with Gasteiger partial charge in [0.1, 0.15) is 6.61 Å². The van der Waals surface area contributed by atoms with Gasteiger partial charge >= 0.3 is 26.2 Å². The van der Waals surface area contributed by atoms with Gasteiger partial charge in [0.2, 0.25) is 0 Å². The van der Waals surface area contributed by atoms with Crippen LogP contribution in [-0.4, -0.2) is 18.3 Å². The van der Waals surface area contributed by atoms with Crippen LogP contribution in [0.5, 0.6) is 0 Å². The van der Waals surface area contributed by atoms with Crippen molar-refractivity contribution in [2.45, 2.75) is 41.0 Å². The maximum Gasteiger partial charge on any atom is 4.00 e. The van der Waals surface area contributed by atoms with E-state index >= 15 is 0 Å². The van der Waals surface area contributed by atoms with Crippen molar-refractivity contribution in [2.24, 2.45) is 5.41 Å². The molecule has 2 rings (SSSR count). The molecule has 0 atom stereocenters. The smallest absolute Gasteiger partial charge is 1.00 e. The summed E-state index contributed by atoms with van der Waals surface area (Å²) >= 11 is 0. The molecular formula is C17H24Cl2O2Zr. The van der Waals surface area contributed by atoms with Gasteiger partial charge in [0, 0.05) is 0 Å². The fourth-order valence-corrected chi connectivity index (χ4v) is 2.05. The molecule has 0 radical (unpaired) electrons. The maximum absolute atomic E-state index is 8.34. The minimum absolute atomic E-state index is 0. The summed E-state index contributed by atoms with van der Waals surface area (Å²) in [5.74, 6) is 0.754. The van der Waals surface area contributed by atoms with Crippen molar-refractivity contribution >= 4 is 0 Å². The summed E-state index contributed by atoms with van der Waals surface area (Å²) in [5.41, 5.74) is 4.39. The number of aliphatic hydroxyl groups excluding tert-OH is 1. The van der Waals surface area contributed by atoms with E-state index in [0.717, 1.165) is 12.2 Å². The van der Waals surface area contributed by atoms with Gasteiger partial charge in [0.15, 0.2) is 0 Å². The Hall–Kier alpha value is 0.183. The van der Waals surface area contributed by atoms with Crippen molar-refractivity contribution in [3.05, 3.63) is 46.8 Å². The fraction of sp³-hybridized carbons (Fsp3) is 0.529. The second-order valence-electron chi connectivity index (χ2n) is 5.34. The van der Waals surface area contributed by atoms with E-state index in [1.807, 2.05) is 12.2 Å². The van der Waals surface area contributed by atoms with E-state index in [0.29, 0.717) is 6.61 Å². The van der Waals surface area contributed by atoms with E-state index in [1.165, 1.54) is 16.7 Å². The molecule has 0 aromatic carbocycles. The van der Waals surface area contributed by atoms with E-state index in [4.69, 9.17) is 9.84 Å². The van der Waals surface area contributed by atoms with Crippen LogP contribution >= 0.6 is 0 Å². The van der Waals surface area contributed by atoms with Gasteiger partial charge < -0.3 is 34.7 Å². The molecule has 0 amide bonds. The molecule has 0 aromatic heterocycles. The Morgan fingerprint density at radius 3 is 2.09 bits per heavy atom. The van der Waals surface area contributed by atoms with Gasteiger partial charge in [-0.05, 0) is 0 Å². The fourth-order valence-electron chi connectivity index (χ4n) is 2.05. The summed E-state index contributed by atoms with van der Waals surface area (Å²) in [6, 6.07) is 0. The Balaban J connectivity index is -0.000000290. The summed E-state index contributed by atoms with van der Waals surface area (Å²) in [6.07, 6.45) is 11.1. The molecular weight excluding hydrogens is 398 g/mol.